The molecule has 5 aromatic rings. The molecule has 3 aromatic heterocycles. The zero-order chi connectivity index (χ0) is 54.6. The smallest absolute Gasteiger partial charge is 0.416 e. The summed E-state index contributed by atoms with van der Waals surface area (Å²) in [7, 11) is 0. The van der Waals surface area contributed by atoms with E-state index >= 15 is 0 Å². The number of nitrogens with zero attached hydrogens (tertiary/aromatic N) is 5. The fourth-order valence-electron chi connectivity index (χ4n) is 9.13. The topological polar surface area (TPSA) is 192 Å². The second-order valence-corrected chi connectivity index (χ2v) is 21.0. The van der Waals surface area contributed by atoms with Crippen molar-refractivity contribution in [2.75, 3.05) is 84.0 Å². The van der Waals surface area contributed by atoms with Gasteiger partial charge in [-0.3, -0.25) is 24.2 Å². The highest BCUT2D eigenvalue weighted by atomic mass is 32.1. The number of aromatic nitrogens is 3. The number of thiazole rings is 1. The van der Waals surface area contributed by atoms with Gasteiger partial charge in [-0.05, 0) is 66.1 Å². The van der Waals surface area contributed by atoms with Crippen LogP contribution in [-0.4, -0.2) is 146 Å². The van der Waals surface area contributed by atoms with Gasteiger partial charge in [0, 0.05) is 73.7 Å². The number of carbonyl (C=O) groups excluding carboxylic acids is 4. The van der Waals surface area contributed by atoms with Crippen LogP contribution in [0.2, 0.25) is 0 Å². The summed E-state index contributed by atoms with van der Waals surface area (Å²) in [6, 6.07) is 14.4. The van der Waals surface area contributed by atoms with Crippen LogP contribution in [0, 0.1) is 19.3 Å². The maximum Gasteiger partial charge on any atom is 0.416 e. The van der Waals surface area contributed by atoms with Crippen LogP contribution >= 0.6 is 11.3 Å². The highest BCUT2D eigenvalue weighted by Gasteiger charge is 2.44. The fraction of sp³-hybridized carbons (Fsp3) is 0.482. The Kier molecular flexibility index (Phi) is 19.9. The van der Waals surface area contributed by atoms with Gasteiger partial charge in [0.25, 0.3) is 0 Å². The number of halogens is 3. The molecule has 2 amide bonds. The number of benzene rings is 2. The number of ketones is 2. The van der Waals surface area contributed by atoms with Crippen molar-refractivity contribution in [3.63, 3.8) is 0 Å². The Balaban J connectivity index is 0.824. The molecule has 20 heteroatoms. The molecule has 0 aliphatic carbocycles. The highest BCUT2D eigenvalue weighted by molar-refractivity contribution is 7.13. The van der Waals surface area contributed by atoms with Gasteiger partial charge >= 0.3 is 6.18 Å². The lowest BCUT2D eigenvalue weighted by Gasteiger charge is -2.35. The number of morpholine rings is 1. The lowest BCUT2D eigenvalue weighted by Crippen LogP contribution is -2.57. The summed E-state index contributed by atoms with van der Waals surface area (Å²) in [5.74, 6) is -1.28. The Bertz CT molecular complexity index is 2780. The van der Waals surface area contributed by atoms with E-state index in [0.717, 1.165) is 45.1 Å². The van der Waals surface area contributed by atoms with Gasteiger partial charge in [0.05, 0.1) is 80.0 Å². The van der Waals surface area contributed by atoms with Crippen LogP contribution in [0.15, 0.2) is 78.6 Å². The van der Waals surface area contributed by atoms with Crippen molar-refractivity contribution in [3.8, 4) is 27.4 Å². The molecule has 16 nitrogen and oxygen atoms in total. The predicted molar refractivity (Wildman–Crippen MR) is 281 cm³/mol. The third kappa shape index (κ3) is 15.5. The number of aryl methyl sites for hydroxylation is 2. The third-order valence-electron chi connectivity index (χ3n) is 13.3. The average Bonchev–Trinajstić information content (AvgIpc) is 4.02. The molecule has 4 atom stereocenters. The summed E-state index contributed by atoms with van der Waals surface area (Å²) < 4.78 is 68.6. The van der Waals surface area contributed by atoms with Gasteiger partial charge in [-0.25, -0.2) is 9.97 Å². The van der Waals surface area contributed by atoms with Crippen molar-refractivity contribution >= 4 is 40.4 Å². The normalized spacial score (nSPS) is 16.9. The zero-order valence-electron chi connectivity index (χ0n) is 43.8. The average molecular weight is 1070 g/mol. The maximum absolute atomic E-state index is 14.1. The molecule has 2 saturated heterocycles. The number of rotatable bonds is 24. The van der Waals surface area contributed by atoms with Crippen LogP contribution in [0.25, 0.3) is 21.6 Å². The van der Waals surface area contributed by atoms with E-state index in [1.807, 2.05) is 77.4 Å². The molecular weight excluding hydrogens is 1010 g/mol. The molecule has 5 heterocycles. The Labute approximate surface area is 445 Å². The number of carbonyl (C=O) groups is 4. The lowest BCUT2D eigenvalue weighted by molar-refractivity contribution is -0.144. The summed E-state index contributed by atoms with van der Waals surface area (Å²) in [4.78, 5) is 72.2. The monoisotopic (exact) mass is 1070 g/mol. The first-order chi connectivity index (χ1) is 36.3. The van der Waals surface area contributed by atoms with Gasteiger partial charge in [0.2, 0.25) is 17.7 Å². The molecule has 7 rings (SSSR count). The molecule has 2 aromatic carbocycles. The molecule has 0 saturated carbocycles. The summed E-state index contributed by atoms with van der Waals surface area (Å²) in [5, 5.41) is 13.5. The number of β-amino-alcohol motifs (C(OH)–C–C–N with tert-alkyl or cyclic N) is 1. The minimum absolute atomic E-state index is 0.00865. The van der Waals surface area contributed by atoms with Gasteiger partial charge in [0.15, 0.2) is 11.6 Å². The van der Waals surface area contributed by atoms with Crippen LogP contribution < -0.4 is 15.0 Å². The quantitative estimate of drug-likeness (QED) is 0.0449. The number of aliphatic hydroxyl groups is 1. The standard InChI is InChI=1S/C56H67F3N6O10S/c1-35(39-10-12-40(13-11-39)51-37(3)62-34-76-51)24-49(68)46-29-44(66)32-65(46)54(70)52(55(4,5)6)63-50(69)33-74-21-20-72-18-19-73-22-23-75-53-47(64-14-16-71-17-15-64)28-42(31-61-53)45-25-38(30-60-36(45)2)26-48(67)41-8-7-9-43(27-41)56(57,58)59/h7-13,25,27-28,30-31,34-35,44,46,52,66H,14-24,26,29,32-33H2,1-6H3,(H,63,69)/t35-,44-,46+,52+/m1/s1. The van der Waals surface area contributed by atoms with E-state index in [9.17, 15) is 37.5 Å². The van der Waals surface area contributed by atoms with Crippen molar-refractivity contribution in [1.82, 2.24) is 25.2 Å². The van der Waals surface area contributed by atoms with E-state index in [1.165, 1.54) is 17.0 Å². The van der Waals surface area contributed by atoms with Crippen molar-refractivity contribution in [2.24, 2.45) is 5.41 Å². The van der Waals surface area contributed by atoms with Crippen LogP contribution in [-0.2, 0) is 45.9 Å². The van der Waals surface area contributed by atoms with E-state index in [1.54, 1.807) is 29.8 Å². The Morgan fingerprint density at radius 3 is 2.22 bits per heavy atom. The van der Waals surface area contributed by atoms with Gasteiger partial charge < -0.3 is 43.9 Å². The Morgan fingerprint density at radius 1 is 0.855 bits per heavy atom. The zero-order valence-corrected chi connectivity index (χ0v) is 44.6. The molecule has 2 aliphatic rings. The van der Waals surface area contributed by atoms with Gasteiger partial charge in [-0.15, -0.1) is 11.3 Å². The first kappa shape index (κ1) is 57.5. The van der Waals surface area contributed by atoms with Crippen molar-refractivity contribution in [3.05, 3.63) is 112 Å². The molecule has 2 N–H and O–H groups in total. The second kappa shape index (κ2) is 26.3. The first-order valence-corrected chi connectivity index (χ1v) is 26.3. The molecule has 0 spiro atoms. The number of nitrogens with one attached hydrogen (secondary N) is 1. The maximum atomic E-state index is 14.1. The molecule has 0 radical (unpaired) electrons. The van der Waals surface area contributed by atoms with Gasteiger partial charge in [0.1, 0.15) is 24.9 Å². The van der Waals surface area contributed by atoms with Crippen LogP contribution in [0.4, 0.5) is 18.9 Å². The number of amides is 2. The van der Waals surface area contributed by atoms with E-state index in [-0.39, 0.29) is 89.3 Å². The molecular formula is C56H67F3N6O10S. The summed E-state index contributed by atoms with van der Waals surface area (Å²) >= 11 is 1.58. The number of anilines is 1. The number of pyridine rings is 2. The first-order valence-electron chi connectivity index (χ1n) is 25.4. The Morgan fingerprint density at radius 2 is 1.55 bits per heavy atom. The van der Waals surface area contributed by atoms with Crippen LogP contribution in [0.3, 0.4) is 0 Å². The number of aliphatic hydroxyl groups excluding tert-OH is 1. The second-order valence-electron chi connectivity index (χ2n) is 20.2. The van der Waals surface area contributed by atoms with Crippen molar-refractivity contribution in [2.45, 2.75) is 91.1 Å². The molecule has 0 bridgehead atoms. The number of ether oxygens (including phenoxy) is 5. The van der Waals surface area contributed by atoms with Crippen molar-refractivity contribution in [1.29, 1.82) is 0 Å². The van der Waals surface area contributed by atoms with E-state index in [0.29, 0.717) is 49.0 Å². The molecule has 408 valence electrons. The van der Waals surface area contributed by atoms with Crippen LogP contribution in [0.5, 0.6) is 5.88 Å². The molecule has 0 unspecified atom stereocenters. The van der Waals surface area contributed by atoms with Gasteiger partial charge in [-0.1, -0.05) is 64.1 Å². The number of likely N-dealkylation sites (tertiary alicyclic amines) is 1. The number of Topliss-reactive ketones (excluding diaryl/α,β-unsaturated/α-hetero) is 2. The molecule has 76 heavy (non-hydrogen) atoms. The molecule has 2 fully saturated rings. The SMILES string of the molecule is Cc1ncc(CC(=O)c2cccc(C(F)(F)F)c2)cc1-c1cnc(OCCOCCOCCOCC(=O)N[C@@H](C(=O)N2C[C@H](O)C[C@H]2C(=O)C[C@@H](C)c2ccc(-c3scnc3C)cc2)C(C)(C)C)c(N2CCOCC2)c1. The minimum atomic E-state index is -4.57. The number of hydrogen-bond donors (Lipinski definition) is 2. The van der Waals surface area contributed by atoms with Gasteiger partial charge in [-0.2, -0.15) is 13.2 Å². The summed E-state index contributed by atoms with van der Waals surface area (Å²) in [5.41, 5.74) is 6.58. The lowest BCUT2D eigenvalue weighted by atomic mass is 9.85. The number of hydrogen-bond acceptors (Lipinski definition) is 15. The third-order valence-corrected chi connectivity index (χ3v) is 14.3. The van der Waals surface area contributed by atoms with E-state index in [4.69, 9.17) is 23.7 Å². The highest BCUT2D eigenvalue weighted by Crippen LogP contribution is 2.35. The molecule has 2 aliphatic heterocycles. The fourth-order valence-corrected chi connectivity index (χ4v) is 9.94. The predicted octanol–water partition coefficient (Wildman–Crippen LogP) is 7.85. The Hall–Kier alpha value is -6.16. The summed E-state index contributed by atoms with van der Waals surface area (Å²) in [6.07, 6.45) is -2.06. The van der Waals surface area contributed by atoms with Crippen LogP contribution in [0.1, 0.15) is 84.9 Å². The largest absolute Gasteiger partial charge is 0.474 e. The van der Waals surface area contributed by atoms with Crippen molar-refractivity contribution < 1.29 is 61.1 Å². The van der Waals surface area contributed by atoms with E-state index in [2.05, 4.69) is 25.2 Å². The minimum Gasteiger partial charge on any atom is -0.474 e. The number of alkyl halides is 3. The van der Waals surface area contributed by atoms with E-state index < -0.39 is 52.9 Å². The summed E-state index contributed by atoms with van der Waals surface area (Å²) in [6.45, 7) is 14.4.